The van der Waals surface area contributed by atoms with E-state index in [-0.39, 0.29) is 20.7 Å². The molecule has 0 aromatic carbocycles. The molecule has 1 aliphatic heterocycles. The normalized spacial score (nSPS) is 45.7. The Morgan fingerprint density at radius 1 is 1.40 bits per heavy atom. The van der Waals surface area contributed by atoms with Gasteiger partial charge in [-0.3, -0.25) is 0 Å². The minimum Gasteiger partial charge on any atom is -0.228 e. The van der Waals surface area contributed by atoms with E-state index in [0.717, 1.165) is 0 Å². The van der Waals surface area contributed by atoms with Crippen LogP contribution in [0.2, 0.25) is 0 Å². The Labute approximate surface area is 77.6 Å². The molecule has 60 valence electrons. The van der Waals surface area contributed by atoms with Gasteiger partial charge in [-0.05, 0) is 6.92 Å². The lowest BCUT2D eigenvalue weighted by Gasteiger charge is -2.06. The molecule has 5 heteroatoms. The van der Waals surface area contributed by atoms with Crippen molar-refractivity contribution >= 4 is 41.7 Å². The van der Waals surface area contributed by atoms with Gasteiger partial charge in [0.05, 0.1) is 11.0 Å². The molecule has 0 N–H and O–H groups in total. The monoisotopic (exact) mass is 290 g/mol. The predicted octanol–water partition coefficient (Wildman–Crippen LogP) is 1.33. The highest BCUT2D eigenvalue weighted by atomic mass is 79.9. The number of hydrogen-bond acceptors (Lipinski definition) is 2. The van der Waals surface area contributed by atoms with Gasteiger partial charge in [0, 0.05) is 9.65 Å². The predicted molar refractivity (Wildman–Crippen MR) is 48.7 cm³/mol. The van der Waals surface area contributed by atoms with E-state index >= 15 is 0 Å². The second kappa shape index (κ2) is 2.75. The highest BCUT2D eigenvalue weighted by Crippen LogP contribution is 2.31. The average molecular weight is 292 g/mol. The van der Waals surface area contributed by atoms with Gasteiger partial charge >= 0.3 is 0 Å². The van der Waals surface area contributed by atoms with Crippen molar-refractivity contribution in [3.8, 4) is 0 Å². The van der Waals surface area contributed by atoms with Gasteiger partial charge in [-0.15, -0.1) is 0 Å². The molecule has 1 fully saturated rings. The first-order chi connectivity index (χ1) is 4.45. The van der Waals surface area contributed by atoms with Gasteiger partial charge in [0.25, 0.3) is 0 Å². The summed E-state index contributed by atoms with van der Waals surface area (Å²) < 4.78 is 22.2. The van der Waals surface area contributed by atoms with Crippen molar-refractivity contribution < 1.29 is 8.42 Å². The standard InChI is InChI=1S/C5H8Br2O2S/c1-3-5(7)4(6)2-10(3,8)9/h3-5H,2H2,1H3/t3-,4+,5+/m1/s1. The van der Waals surface area contributed by atoms with E-state index in [9.17, 15) is 8.42 Å². The summed E-state index contributed by atoms with van der Waals surface area (Å²) in [7, 11) is -2.82. The van der Waals surface area contributed by atoms with Crippen LogP contribution in [0.25, 0.3) is 0 Å². The molecule has 2 nitrogen and oxygen atoms in total. The Morgan fingerprint density at radius 2 is 1.90 bits per heavy atom. The first kappa shape index (κ1) is 9.00. The molecule has 0 radical (unpaired) electrons. The first-order valence-corrected chi connectivity index (χ1v) is 6.49. The van der Waals surface area contributed by atoms with Crippen molar-refractivity contribution in [1.82, 2.24) is 0 Å². The molecule has 10 heavy (non-hydrogen) atoms. The molecule has 0 unspecified atom stereocenters. The van der Waals surface area contributed by atoms with Gasteiger partial charge in [-0.2, -0.15) is 0 Å². The van der Waals surface area contributed by atoms with E-state index in [1.54, 1.807) is 6.92 Å². The lowest BCUT2D eigenvalue weighted by atomic mass is 10.3. The fraction of sp³-hybridized carbons (Fsp3) is 1.00. The molecule has 0 amide bonds. The third-order valence-corrected chi connectivity index (χ3v) is 7.81. The Balaban J connectivity index is 2.93. The highest BCUT2D eigenvalue weighted by Gasteiger charge is 2.41. The van der Waals surface area contributed by atoms with Crippen molar-refractivity contribution in [2.75, 3.05) is 5.75 Å². The average Bonchev–Trinajstić information content (AvgIpc) is 1.95. The van der Waals surface area contributed by atoms with Crippen molar-refractivity contribution in [3.63, 3.8) is 0 Å². The van der Waals surface area contributed by atoms with Gasteiger partial charge in [-0.25, -0.2) is 8.42 Å². The minimum absolute atomic E-state index is 0.0671. The van der Waals surface area contributed by atoms with Crippen LogP contribution in [-0.4, -0.2) is 29.1 Å². The Hall–Kier alpha value is 0.910. The zero-order chi connectivity index (χ0) is 7.94. The van der Waals surface area contributed by atoms with Gasteiger partial charge in [0.15, 0.2) is 9.84 Å². The molecule has 0 bridgehead atoms. The van der Waals surface area contributed by atoms with Gasteiger partial charge < -0.3 is 0 Å². The van der Waals surface area contributed by atoms with Crippen LogP contribution in [-0.2, 0) is 9.84 Å². The van der Waals surface area contributed by atoms with Crippen LogP contribution < -0.4 is 0 Å². The van der Waals surface area contributed by atoms with Gasteiger partial charge in [0.2, 0.25) is 0 Å². The van der Waals surface area contributed by atoms with E-state index in [4.69, 9.17) is 0 Å². The second-order valence-corrected chi connectivity index (χ2v) is 7.13. The van der Waals surface area contributed by atoms with E-state index in [2.05, 4.69) is 31.9 Å². The minimum atomic E-state index is -2.82. The molecular weight excluding hydrogens is 284 g/mol. The van der Waals surface area contributed by atoms with E-state index in [1.165, 1.54) is 0 Å². The number of hydrogen-bond donors (Lipinski definition) is 0. The first-order valence-electron chi connectivity index (χ1n) is 2.95. The van der Waals surface area contributed by atoms with Crippen molar-refractivity contribution in [2.24, 2.45) is 0 Å². The molecule has 0 aromatic rings. The largest absolute Gasteiger partial charge is 0.228 e. The summed E-state index contributed by atoms with van der Waals surface area (Å²) in [5.41, 5.74) is 0. The van der Waals surface area contributed by atoms with Crippen LogP contribution in [0.5, 0.6) is 0 Å². The Kier molecular flexibility index (Phi) is 2.48. The maximum atomic E-state index is 11.1. The van der Waals surface area contributed by atoms with Crippen molar-refractivity contribution in [1.29, 1.82) is 0 Å². The summed E-state index contributed by atoms with van der Waals surface area (Å²) in [4.78, 5) is 0.144. The number of alkyl halides is 2. The van der Waals surface area contributed by atoms with Crippen LogP contribution >= 0.6 is 31.9 Å². The van der Waals surface area contributed by atoms with Gasteiger partial charge in [-0.1, -0.05) is 31.9 Å². The summed E-state index contributed by atoms with van der Waals surface area (Å²) in [5, 5.41) is -0.253. The highest BCUT2D eigenvalue weighted by molar-refractivity contribution is 9.12. The zero-order valence-corrected chi connectivity index (χ0v) is 9.41. The molecule has 0 spiro atoms. The smallest absolute Gasteiger partial charge is 0.155 e. The van der Waals surface area contributed by atoms with E-state index < -0.39 is 9.84 Å². The third kappa shape index (κ3) is 1.41. The lowest BCUT2D eigenvalue weighted by molar-refractivity contribution is 0.594. The van der Waals surface area contributed by atoms with Crippen LogP contribution in [0.3, 0.4) is 0 Å². The number of rotatable bonds is 0. The molecule has 1 heterocycles. The number of halogens is 2. The second-order valence-electron chi connectivity index (χ2n) is 2.50. The molecular formula is C5H8Br2O2S. The summed E-state index contributed by atoms with van der Waals surface area (Å²) in [6.45, 7) is 1.73. The summed E-state index contributed by atoms with van der Waals surface area (Å²) in [5.74, 6) is 0.254. The van der Waals surface area contributed by atoms with Crippen molar-refractivity contribution in [2.45, 2.75) is 21.8 Å². The van der Waals surface area contributed by atoms with Crippen molar-refractivity contribution in [3.05, 3.63) is 0 Å². The molecule has 0 saturated carbocycles. The molecule has 1 aliphatic rings. The van der Waals surface area contributed by atoms with E-state index in [0.29, 0.717) is 0 Å². The molecule has 0 aliphatic carbocycles. The maximum absolute atomic E-state index is 11.1. The topological polar surface area (TPSA) is 34.1 Å². The summed E-state index contributed by atoms with van der Waals surface area (Å²) in [6, 6.07) is 0. The maximum Gasteiger partial charge on any atom is 0.155 e. The molecule has 3 atom stereocenters. The third-order valence-electron chi connectivity index (χ3n) is 1.75. The van der Waals surface area contributed by atoms with Crippen LogP contribution in [0, 0.1) is 0 Å². The van der Waals surface area contributed by atoms with Crippen LogP contribution in [0.4, 0.5) is 0 Å². The Bertz CT molecular complexity index is 224. The Morgan fingerprint density at radius 3 is 2.00 bits per heavy atom. The zero-order valence-electron chi connectivity index (χ0n) is 5.42. The lowest BCUT2D eigenvalue weighted by Crippen LogP contribution is -2.19. The molecule has 0 aromatic heterocycles. The van der Waals surface area contributed by atoms with Crippen LogP contribution in [0.1, 0.15) is 6.92 Å². The molecule has 1 rings (SSSR count). The van der Waals surface area contributed by atoms with Gasteiger partial charge in [0.1, 0.15) is 0 Å². The molecule has 1 saturated heterocycles. The van der Waals surface area contributed by atoms with Crippen LogP contribution in [0.15, 0.2) is 0 Å². The summed E-state index contributed by atoms with van der Waals surface area (Å²) in [6.07, 6.45) is 0. The van der Waals surface area contributed by atoms with E-state index in [1.807, 2.05) is 0 Å². The summed E-state index contributed by atoms with van der Waals surface area (Å²) >= 11 is 6.61. The fourth-order valence-corrected chi connectivity index (χ4v) is 5.68. The SMILES string of the molecule is C[C@@H]1[C@H](Br)[C@@H](Br)CS1(=O)=O. The quantitative estimate of drug-likeness (QED) is 0.631. The fourth-order valence-electron chi connectivity index (χ4n) is 0.958. The number of sulfone groups is 1.